The van der Waals surface area contributed by atoms with E-state index in [0.717, 1.165) is 5.56 Å². The fraction of sp³-hybridized carbons (Fsp3) is 0.143. The molecule has 0 aliphatic heterocycles. The van der Waals surface area contributed by atoms with Crippen LogP contribution < -0.4 is 5.32 Å². The highest BCUT2D eigenvalue weighted by Gasteiger charge is 2.09. The predicted molar refractivity (Wildman–Crippen MR) is 74.1 cm³/mol. The minimum absolute atomic E-state index is 0.0466. The Morgan fingerprint density at radius 2 is 2.20 bits per heavy atom. The molecule has 0 bridgehead atoms. The Morgan fingerprint density at radius 3 is 2.80 bits per heavy atom. The van der Waals surface area contributed by atoms with Crippen LogP contribution >= 0.6 is 0 Å². The maximum Gasteiger partial charge on any atom is 0.287 e. The van der Waals surface area contributed by atoms with Gasteiger partial charge in [0.1, 0.15) is 12.0 Å². The molecule has 0 saturated carbocycles. The Balaban J connectivity index is 2.12. The van der Waals surface area contributed by atoms with Crippen molar-refractivity contribution in [3.8, 4) is 6.07 Å². The second-order valence-corrected chi connectivity index (χ2v) is 4.26. The Labute approximate surface area is 115 Å². The van der Waals surface area contributed by atoms with Crippen LogP contribution in [0.3, 0.4) is 0 Å². The fourth-order valence-corrected chi connectivity index (χ4v) is 1.76. The molecule has 0 aliphatic carbocycles. The van der Waals surface area contributed by atoms with Gasteiger partial charge in [-0.25, -0.2) is 4.98 Å². The molecule has 1 N–H and O–H groups in total. The van der Waals surface area contributed by atoms with E-state index >= 15 is 0 Å². The van der Waals surface area contributed by atoms with Gasteiger partial charge >= 0.3 is 0 Å². The van der Waals surface area contributed by atoms with Gasteiger partial charge in [-0.3, -0.25) is 10.1 Å². The molecule has 1 atom stereocenters. The van der Waals surface area contributed by atoms with E-state index in [-0.39, 0.29) is 11.7 Å². The van der Waals surface area contributed by atoms with Crippen molar-refractivity contribution in [3.63, 3.8) is 0 Å². The SMILES string of the molecule is CC(Nc1ccc([N+](=O)[O-])cn1)c1cccc(C#N)c1. The van der Waals surface area contributed by atoms with Crippen LogP contribution in [0.25, 0.3) is 0 Å². The van der Waals surface area contributed by atoms with E-state index in [1.807, 2.05) is 19.1 Å². The molecule has 1 aromatic heterocycles. The maximum atomic E-state index is 10.5. The molecule has 0 fully saturated rings. The summed E-state index contributed by atoms with van der Waals surface area (Å²) in [6.07, 6.45) is 1.21. The molecular formula is C14H12N4O2. The van der Waals surface area contributed by atoms with Crippen LogP contribution in [0.5, 0.6) is 0 Å². The molecule has 0 radical (unpaired) electrons. The first kappa shape index (κ1) is 13.5. The van der Waals surface area contributed by atoms with Crippen molar-refractivity contribution in [2.45, 2.75) is 13.0 Å². The van der Waals surface area contributed by atoms with Gasteiger partial charge in [0.2, 0.25) is 0 Å². The van der Waals surface area contributed by atoms with Gasteiger partial charge in [0, 0.05) is 12.1 Å². The molecule has 20 heavy (non-hydrogen) atoms. The highest BCUT2D eigenvalue weighted by Crippen LogP contribution is 2.20. The number of nitrogens with zero attached hydrogens (tertiary/aromatic N) is 3. The normalized spacial score (nSPS) is 11.4. The molecule has 0 spiro atoms. The van der Waals surface area contributed by atoms with Gasteiger partial charge in [-0.2, -0.15) is 5.26 Å². The van der Waals surface area contributed by atoms with Crippen LogP contribution in [0.1, 0.15) is 24.1 Å². The number of rotatable bonds is 4. The highest BCUT2D eigenvalue weighted by atomic mass is 16.6. The molecule has 0 aliphatic rings. The lowest BCUT2D eigenvalue weighted by atomic mass is 10.1. The zero-order valence-electron chi connectivity index (χ0n) is 10.8. The van der Waals surface area contributed by atoms with Crippen LogP contribution in [0.2, 0.25) is 0 Å². The maximum absolute atomic E-state index is 10.5. The Bertz CT molecular complexity index is 662. The minimum Gasteiger partial charge on any atom is -0.364 e. The van der Waals surface area contributed by atoms with Crippen molar-refractivity contribution >= 4 is 11.5 Å². The number of pyridine rings is 1. The van der Waals surface area contributed by atoms with Crippen molar-refractivity contribution in [1.82, 2.24) is 4.98 Å². The summed E-state index contributed by atoms with van der Waals surface area (Å²) in [7, 11) is 0. The first-order chi connectivity index (χ1) is 9.60. The number of nitrogens with one attached hydrogen (secondary N) is 1. The van der Waals surface area contributed by atoms with E-state index in [0.29, 0.717) is 11.4 Å². The summed E-state index contributed by atoms with van der Waals surface area (Å²) in [5, 5.41) is 22.5. The third kappa shape index (κ3) is 3.09. The number of benzene rings is 1. The van der Waals surface area contributed by atoms with E-state index < -0.39 is 4.92 Å². The first-order valence-corrected chi connectivity index (χ1v) is 5.97. The summed E-state index contributed by atoms with van der Waals surface area (Å²) in [6.45, 7) is 1.93. The number of anilines is 1. The van der Waals surface area contributed by atoms with Gasteiger partial charge < -0.3 is 5.32 Å². The Morgan fingerprint density at radius 1 is 1.40 bits per heavy atom. The molecular weight excluding hydrogens is 256 g/mol. The average molecular weight is 268 g/mol. The lowest BCUT2D eigenvalue weighted by Crippen LogP contribution is -2.08. The molecule has 1 aromatic carbocycles. The summed E-state index contributed by atoms with van der Waals surface area (Å²) in [5.74, 6) is 0.547. The lowest BCUT2D eigenvalue weighted by Gasteiger charge is -2.14. The first-order valence-electron chi connectivity index (χ1n) is 5.97. The van der Waals surface area contributed by atoms with Crippen molar-refractivity contribution in [2.24, 2.45) is 0 Å². The second-order valence-electron chi connectivity index (χ2n) is 4.26. The second kappa shape index (κ2) is 5.80. The van der Waals surface area contributed by atoms with E-state index in [2.05, 4.69) is 16.4 Å². The molecule has 0 amide bonds. The topological polar surface area (TPSA) is 91.8 Å². The largest absolute Gasteiger partial charge is 0.364 e. The standard InChI is InChI=1S/C14H12N4O2/c1-10(12-4-2-3-11(7-12)8-15)17-14-6-5-13(9-16-14)18(19)20/h2-7,9-10H,1H3,(H,16,17). The molecule has 0 saturated heterocycles. The third-order valence-corrected chi connectivity index (χ3v) is 2.84. The monoisotopic (exact) mass is 268 g/mol. The summed E-state index contributed by atoms with van der Waals surface area (Å²) >= 11 is 0. The predicted octanol–water partition coefficient (Wildman–Crippen LogP) is 3.03. The van der Waals surface area contributed by atoms with Gasteiger partial charge in [-0.15, -0.1) is 0 Å². The molecule has 1 heterocycles. The fourth-order valence-electron chi connectivity index (χ4n) is 1.76. The molecule has 100 valence electrons. The molecule has 6 heteroatoms. The van der Waals surface area contributed by atoms with Gasteiger partial charge in [0.25, 0.3) is 5.69 Å². The molecule has 2 rings (SSSR count). The van der Waals surface area contributed by atoms with Crippen LogP contribution in [-0.4, -0.2) is 9.91 Å². The zero-order valence-corrected chi connectivity index (χ0v) is 10.8. The molecule has 6 nitrogen and oxygen atoms in total. The lowest BCUT2D eigenvalue weighted by molar-refractivity contribution is -0.385. The quantitative estimate of drug-likeness (QED) is 0.679. The number of nitriles is 1. The smallest absolute Gasteiger partial charge is 0.287 e. The van der Waals surface area contributed by atoms with E-state index in [1.165, 1.54) is 12.3 Å². The summed E-state index contributed by atoms with van der Waals surface area (Å²) in [4.78, 5) is 14.0. The number of hydrogen-bond donors (Lipinski definition) is 1. The summed E-state index contributed by atoms with van der Waals surface area (Å²) in [6, 6.07) is 12.2. The Hall–Kier alpha value is -2.94. The van der Waals surface area contributed by atoms with Crippen LogP contribution in [0.15, 0.2) is 42.6 Å². The molecule has 1 unspecified atom stereocenters. The summed E-state index contributed by atoms with van der Waals surface area (Å²) in [5.41, 5.74) is 1.49. The van der Waals surface area contributed by atoms with E-state index in [4.69, 9.17) is 5.26 Å². The van der Waals surface area contributed by atoms with Gasteiger partial charge in [0.05, 0.1) is 16.6 Å². The summed E-state index contributed by atoms with van der Waals surface area (Å²) < 4.78 is 0. The van der Waals surface area contributed by atoms with Gasteiger partial charge in [-0.05, 0) is 30.7 Å². The number of aromatic nitrogens is 1. The minimum atomic E-state index is -0.489. The third-order valence-electron chi connectivity index (χ3n) is 2.84. The van der Waals surface area contributed by atoms with Crippen molar-refractivity contribution < 1.29 is 4.92 Å². The van der Waals surface area contributed by atoms with Gasteiger partial charge in [-0.1, -0.05) is 12.1 Å². The van der Waals surface area contributed by atoms with Gasteiger partial charge in [0.15, 0.2) is 0 Å². The number of nitro groups is 1. The van der Waals surface area contributed by atoms with Crippen molar-refractivity contribution in [3.05, 3.63) is 63.8 Å². The van der Waals surface area contributed by atoms with E-state index in [9.17, 15) is 10.1 Å². The van der Waals surface area contributed by atoms with Crippen molar-refractivity contribution in [2.75, 3.05) is 5.32 Å². The Kier molecular flexibility index (Phi) is 3.91. The van der Waals surface area contributed by atoms with Crippen LogP contribution in [-0.2, 0) is 0 Å². The zero-order chi connectivity index (χ0) is 14.5. The average Bonchev–Trinajstić information content (AvgIpc) is 2.47. The highest BCUT2D eigenvalue weighted by molar-refractivity contribution is 5.43. The molecule has 2 aromatic rings. The van der Waals surface area contributed by atoms with Crippen LogP contribution in [0.4, 0.5) is 11.5 Å². The van der Waals surface area contributed by atoms with Crippen molar-refractivity contribution in [1.29, 1.82) is 5.26 Å². The van der Waals surface area contributed by atoms with Crippen LogP contribution in [0, 0.1) is 21.4 Å². The van der Waals surface area contributed by atoms with E-state index in [1.54, 1.807) is 18.2 Å². The number of hydrogen-bond acceptors (Lipinski definition) is 5.